The van der Waals surface area contributed by atoms with Crippen LogP contribution in [0.3, 0.4) is 0 Å². The van der Waals surface area contributed by atoms with E-state index in [1.165, 1.54) is 4.31 Å². The minimum absolute atomic E-state index is 0.193. The summed E-state index contributed by atoms with van der Waals surface area (Å²) in [4.78, 5) is 11.1. The van der Waals surface area contributed by atoms with E-state index in [-0.39, 0.29) is 11.8 Å². The smallest absolute Gasteiger partial charge is 0.223 e. The summed E-state index contributed by atoms with van der Waals surface area (Å²) in [6.07, 6.45) is 8.76. The number of carbonyl (C=O) groups excluding carboxylic acids is 1. The van der Waals surface area contributed by atoms with Crippen LogP contribution in [0.2, 0.25) is 0 Å². The molecule has 1 saturated heterocycles. The lowest BCUT2D eigenvalue weighted by Crippen LogP contribution is -2.49. The Kier molecular flexibility index (Phi) is 3.82. The second kappa shape index (κ2) is 5.09. The summed E-state index contributed by atoms with van der Waals surface area (Å²) >= 11 is 0. The molecule has 1 aliphatic carbocycles. The maximum absolute atomic E-state index is 12.7. The number of rotatable bonds is 3. The van der Waals surface area contributed by atoms with E-state index in [1.807, 2.05) is 12.2 Å². The number of hydrogen-bond donors (Lipinski definition) is 1. The van der Waals surface area contributed by atoms with Crippen LogP contribution in [0.25, 0.3) is 0 Å². The molecule has 0 aromatic carbocycles. The summed E-state index contributed by atoms with van der Waals surface area (Å²) in [5.41, 5.74) is 5.26. The van der Waals surface area contributed by atoms with Crippen LogP contribution >= 0.6 is 0 Å². The first-order chi connectivity index (χ1) is 8.87. The molecule has 0 saturated carbocycles. The van der Waals surface area contributed by atoms with E-state index in [0.717, 1.165) is 0 Å². The lowest BCUT2D eigenvalue weighted by Gasteiger charge is -2.36. The molecule has 1 amide bonds. The normalized spacial score (nSPS) is 29.5. The minimum atomic E-state index is -3.39. The van der Waals surface area contributed by atoms with Gasteiger partial charge in [-0.2, -0.15) is 0 Å². The predicted molar refractivity (Wildman–Crippen MR) is 73.7 cm³/mol. The first-order valence-corrected chi connectivity index (χ1v) is 7.94. The van der Waals surface area contributed by atoms with Gasteiger partial charge in [0.25, 0.3) is 0 Å². The Bertz CT molecular complexity index is 516. The van der Waals surface area contributed by atoms with Gasteiger partial charge in [0.1, 0.15) is 4.75 Å². The largest absolute Gasteiger partial charge is 0.369 e. The summed E-state index contributed by atoms with van der Waals surface area (Å²) in [7, 11) is -3.39. The maximum Gasteiger partial charge on any atom is 0.223 e. The first kappa shape index (κ1) is 14.3. The predicted octanol–water partition coefficient (Wildman–Crippen LogP) is 0.788. The third-order valence-electron chi connectivity index (χ3n) is 4.00. The molecule has 0 aromatic heterocycles. The van der Waals surface area contributed by atoms with Gasteiger partial charge < -0.3 is 5.73 Å². The molecule has 1 fully saturated rings. The molecule has 6 heteroatoms. The van der Waals surface area contributed by atoms with Crippen molar-refractivity contribution >= 4 is 15.9 Å². The van der Waals surface area contributed by atoms with Crippen molar-refractivity contribution in [3.8, 4) is 0 Å². The molecule has 0 aromatic rings. The first-order valence-electron chi connectivity index (χ1n) is 6.50. The van der Waals surface area contributed by atoms with Crippen molar-refractivity contribution in [2.45, 2.75) is 30.9 Å². The van der Waals surface area contributed by atoms with Gasteiger partial charge in [0, 0.05) is 19.0 Å². The van der Waals surface area contributed by atoms with Crippen LogP contribution in [0.5, 0.6) is 0 Å². The van der Waals surface area contributed by atoms with Gasteiger partial charge in [0.05, 0.1) is 0 Å². The number of hydrogen-bond acceptors (Lipinski definition) is 3. The van der Waals surface area contributed by atoms with Crippen LogP contribution < -0.4 is 5.73 Å². The molecule has 19 heavy (non-hydrogen) atoms. The van der Waals surface area contributed by atoms with Gasteiger partial charge in [-0.1, -0.05) is 24.3 Å². The number of sulfonamides is 1. The molecule has 0 bridgehead atoms. The second-order valence-electron chi connectivity index (χ2n) is 5.38. The van der Waals surface area contributed by atoms with Crippen molar-refractivity contribution in [1.82, 2.24) is 4.31 Å². The van der Waals surface area contributed by atoms with Crippen LogP contribution in [0.1, 0.15) is 26.2 Å². The fourth-order valence-electron chi connectivity index (χ4n) is 2.57. The van der Waals surface area contributed by atoms with Crippen LogP contribution in [-0.4, -0.2) is 36.5 Å². The zero-order valence-electron chi connectivity index (χ0n) is 11.1. The van der Waals surface area contributed by atoms with Crippen molar-refractivity contribution in [1.29, 1.82) is 0 Å². The fourth-order valence-corrected chi connectivity index (χ4v) is 4.41. The van der Waals surface area contributed by atoms with Gasteiger partial charge in [-0.3, -0.25) is 4.79 Å². The van der Waals surface area contributed by atoms with Gasteiger partial charge in [0.15, 0.2) is 0 Å². The van der Waals surface area contributed by atoms with E-state index >= 15 is 0 Å². The van der Waals surface area contributed by atoms with E-state index in [1.54, 1.807) is 19.1 Å². The third-order valence-corrected chi connectivity index (χ3v) is 6.53. The number of nitrogens with two attached hydrogens (primary N) is 1. The fraction of sp³-hybridized carbons (Fsp3) is 0.615. The monoisotopic (exact) mass is 284 g/mol. The molecule has 5 nitrogen and oxygen atoms in total. The lowest BCUT2D eigenvalue weighted by atomic mass is 9.98. The number of piperidine rings is 1. The van der Waals surface area contributed by atoms with Gasteiger partial charge in [-0.15, -0.1) is 0 Å². The molecule has 106 valence electrons. The summed E-state index contributed by atoms with van der Waals surface area (Å²) in [6, 6.07) is 0. The number of allylic oxidation sites excluding steroid dienone is 3. The van der Waals surface area contributed by atoms with Crippen molar-refractivity contribution < 1.29 is 13.2 Å². The molecule has 2 N–H and O–H groups in total. The van der Waals surface area contributed by atoms with Crippen LogP contribution in [0, 0.1) is 5.92 Å². The van der Waals surface area contributed by atoms with E-state index < -0.39 is 14.8 Å². The molecule has 1 heterocycles. The molecular weight excluding hydrogens is 264 g/mol. The van der Waals surface area contributed by atoms with Gasteiger partial charge >= 0.3 is 0 Å². The third kappa shape index (κ3) is 2.60. The zero-order valence-corrected chi connectivity index (χ0v) is 11.9. The number of carbonyl (C=O) groups is 1. The minimum Gasteiger partial charge on any atom is -0.369 e. The highest BCUT2D eigenvalue weighted by Crippen LogP contribution is 2.32. The Morgan fingerprint density at radius 3 is 2.42 bits per heavy atom. The number of nitrogens with zero attached hydrogens (tertiary/aromatic N) is 1. The van der Waals surface area contributed by atoms with Crippen molar-refractivity contribution in [2.24, 2.45) is 11.7 Å². The molecule has 2 rings (SSSR count). The average molecular weight is 284 g/mol. The van der Waals surface area contributed by atoms with Gasteiger partial charge in [-0.05, 0) is 26.2 Å². The Balaban J connectivity index is 2.12. The average Bonchev–Trinajstić information content (AvgIpc) is 2.39. The van der Waals surface area contributed by atoms with Crippen LogP contribution in [-0.2, 0) is 14.8 Å². The second-order valence-corrected chi connectivity index (χ2v) is 7.78. The van der Waals surface area contributed by atoms with Gasteiger partial charge in [0.2, 0.25) is 15.9 Å². The maximum atomic E-state index is 12.7. The molecule has 1 aliphatic heterocycles. The highest BCUT2D eigenvalue weighted by Gasteiger charge is 2.42. The van der Waals surface area contributed by atoms with E-state index in [0.29, 0.717) is 32.4 Å². The standard InChI is InChI=1S/C13H20N2O3S/c1-13(7-3-2-4-8-13)19(17,18)15-9-5-11(6-10-15)12(14)16/h2-4,7,11H,5-6,8-10H2,1H3,(H2,14,16). The summed E-state index contributed by atoms with van der Waals surface area (Å²) in [5, 5.41) is 0. The quantitative estimate of drug-likeness (QED) is 0.832. The highest BCUT2D eigenvalue weighted by molar-refractivity contribution is 7.90. The molecule has 1 atom stereocenters. The Hall–Kier alpha value is -1.14. The van der Waals surface area contributed by atoms with E-state index in [2.05, 4.69) is 0 Å². The lowest BCUT2D eigenvalue weighted by molar-refractivity contribution is -0.122. The van der Waals surface area contributed by atoms with Crippen molar-refractivity contribution in [3.63, 3.8) is 0 Å². The van der Waals surface area contributed by atoms with Crippen molar-refractivity contribution in [2.75, 3.05) is 13.1 Å². The summed E-state index contributed by atoms with van der Waals surface area (Å²) in [6.45, 7) is 2.49. The molecular formula is C13H20N2O3S. The molecule has 2 aliphatic rings. The molecule has 1 unspecified atom stereocenters. The number of primary amides is 1. The highest BCUT2D eigenvalue weighted by atomic mass is 32.2. The van der Waals surface area contributed by atoms with Crippen LogP contribution in [0.15, 0.2) is 24.3 Å². The SMILES string of the molecule is CC1(S(=O)(=O)N2CCC(C(N)=O)CC2)C=CC=CC1. The Labute approximate surface area is 114 Å². The van der Waals surface area contributed by atoms with Crippen LogP contribution in [0.4, 0.5) is 0 Å². The summed E-state index contributed by atoms with van der Waals surface area (Å²) < 4.78 is 25.9. The topological polar surface area (TPSA) is 80.5 Å². The van der Waals surface area contributed by atoms with Crippen molar-refractivity contribution in [3.05, 3.63) is 24.3 Å². The molecule has 0 spiro atoms. The van der Waals surface area contributed by atoms with E-state index in [4.69, 9.17) is 5.73 Å². The Morgan fingerprint density at radius 1 is 1.32 bits per heavy atom. The number of amides is 1. The summed E-state index contributed by atoms with van der Waals surface area (Å²) in [5.74, 6) is -0.523. The molecule has 0 radical (unpaired) electrons. The van der Waals surface area contributed by atoms with Gasteiger partial charge in [-0.25, -0.2) is 12.7 Å². The van der Waals surface area contributed by atoms with E-state index in [9.17, 15) is 13.2 Å². The zero-order chi connectivity index (χ0) is 14.1. The Morgan fingerprint density at radius 2 is 1.95 bits per heavy atom.